The highest BCUT2D eigenvalue weighted by atomic mass is 16.1. The molecular formula is C23H23N5O. The molecule has 0 bridgehead atoms. The van der Waals surface area contributed by atoms with Crippen LogP contribution < -0.4 is 10.6 Å². The number of anilines is 1. The average molecular weight is 385 g/mol. The Kier molecular flexibility index (Phi) is 5.52. The number of H-pyrrole nitrogens is 1. The van der Waals surface area contributed by atoms with Gasteiger partial charge >= 0.3 is 0 Å². The predicted molar refractivity (Wildman–Crippen MR) is 115 cm³/mol. The predicted octanol–water partition coefficient (Wildman–Crippen LogP) is 3.85. The number of rotatable bonds is 7. The summed E-state index contributed by atoms with van der Waals surface area (Å²) in [7, 11) is 0. The number of aromatic amines is 1. The monoisotopic (exact) mass is 385 g/mol. The molecule has 0 aliphatic carbocycles. The van der Waals surface area contributed by atoms with Crippen molar-refractivity contribution in [3.05, 3.63) is 89.5 Å². The van der Waals surface area contributed by atoms with E-state index in [1.807, 2.05) is 54.7 Å². The van der Waals surface area contributed by atoms with E-state index in [1.54, 1.807) is 13.0 Å². The Hall–Kier alpha value is -3.67. The maximum atomic E-state index is 12.6. The minimum Gasteiger partial charge on any atom is -0.366 e. The lowest BCUT2D eigenvalue weighted by Crippen LogP contribution is -2.27. The molecule has 3 N–H and O–H groups in total. The van der Waals surface area contributed by atoms with Crippen molar-refractivity contribution in [2.75, 3.05) is 11.9 Å². The van der Waals surface area contributed by atoms with Crippen molar-refractivity contribution in [2.45, 2.75) is 19.9 Å². The molecule has 0 aliphatic rings. The number of aryl methyl sites for hydroxylation is 1. The van der Waals surface area contributed by atoms with Gasteiger partial charge in [-0.1, -0.05) is 48.5 Å². The second-order valence-electron chi connectivity index (χ2n) is 6.89. The lowest BCUT2D eigenvalue weighted by molar-refractivity contribution is 0.0949. The van der Waals surface area contributed by atoms with Crippen molar-refractivity contribution in [1.82, 2.24) is 20.3 Å². The van der Waals surface area contributed by atoms with Gasteiger partial charge < -0.3 is 15.6 Å². The quantitative estimate of drug-likeness (QED) is 0.451. The van der Waals surface area contributed by atoms with E-state index in [9.17, 15) is 4.79 Å². The molecule has 4 aromatic rings. The maximum Gasteiger partial charge on any atom is 0.270 e. The molecule has 6 nitrogen and oxygen atoms in total. The number of para-hydroxylation sites is 1. The minimum atomic E-state index is -0.196. The van der Waals surface area contributed by atoms with Crippen LogP contribution >= 0.6 is 0 Å². The molecule has 4 rings (SSSR count). The number of aromatic nitrogens is 3. The molecule has 0 radical (unpaired) electrons. The van der Waals surface area contributed by atoms with Gasteiger partial charge in [-0.05, 0) is 30.5 Å². The highest BCUT2D eigenvalue weighted by Gasteiger charge is 2.11. The summed E-state index contributed by atoms with van der Waals surface area (Å²) in [6.07, 6.45) is 2.75. The molecule has 0 saturated heterocycles. The van der Waals surface area contributed by atoms with E-state index < -0.39 is 0 Å². The van der Waals surface area contributed by atoms with Gasteiger partial charge in [-0.15, -0.1) is 0 Å². The summed E-state index contributed by atoms with van der Waals surface area (Å²) in [5.41, 5.74) is 3.81. The summed E-state index contributed by atoms with van der Waals surface area (Å²) in [4.78, 5) is 24.5. The van der Waals surface area contributed by atoms with Crippen LogP contribution in [-0.2, 0) is 13.0 Å². The van der Waals surface area contributed by atoms with E-state index in [1.165, 1.54) is 10.9 Å². The lowest BCUT2D eigenvalue weighted by Gasteiger charge is -2.09. The van der Waals surface area contributed by atoms with Crippen LogP contribution in [0.5, 0.6) is 0 Å². The van der Waals surface area contributed by atoms with E-state index in [0.717, 1.165) is 17.5 Å². The first kappa shape index (κ1) is 18.7. The topological polar surface area (TPSA) is 82.7 Å². The highest BCUT2D eigenvalue weighted by molar-refractivity contribution is 5.93. The summed E-state index contributed by atoms with van der Waals surface area (Å²) in [5, 5.41) is 7.41. The molecule has 2 heterocycles. The molecule has 0 spiro atoms. The standard InChI is InChI=1S/C23H23N5O/c1-16-27-21(13-22(28-16)26-14-17-7-3-2-4-8-17)23(29)24-12-11-18-15-25-20-10-6-5-9-19(18)20/h2-10,13,15,25H,11-12,14H2,1H3,(H,24,29)(H,26,27,28). The first-order valence-electron chi connectivity index (χ1n) is 9.66. The Morgan fingerprint density at radius 2 is 1.83 bits per heavy atom. The second-order valence-corrected chi connectivity index (χ2v) is 6.89. The molecule has 0 unspecified atom stereocenters. The van der Waals surface area contributed by atoms with Crippen molar-refractivity contribution < 1.29 is 4.79 Å². The Labute approximate surface area is 169 Å². The van der Waals surface area contributed by atoms with Crippen molar-refractivity contribution in [2.24, 2.45) is 0 Å². The highest BCUT2D eigenvalue weighted by Crippen LogP contribution is 2.17. The van der Waals surface area contributed by atoms with Gasteiger partial charge in [0.1, 0.15) is 17.3 Å². The molecule has 2 aromatic heterocycles. The number of nitrogens with zero attached hydrogens (tertiary/aromatic N) is 2. The summed E-state index contributed by atoms with van der Waals surface area (Å²) < 4.78 is 0. The molecule has 0 saturated carbocycles. The third-order valence-corrected chi connectivity index (χ3v) is 4.74. The van der Waals surface area contributed by atoms with Gasteiger partial charge in [-0.3, -0.25) is 4.79 Å². The van der Waals surface area contributed by atoms with Gasteiger partial charge in [0.15, 0.2) is 0 Å². The molecule has 146 valence electrons. The van der Waals surface area contributed by atoms with Gasteiger partial charge in [0.05, 0.1) is 0 Å². The zero-order valence-corrected chi connectivity index (χ0v) is 16.3. The number of benzene rings is 2. The summed E-state index contributed by atoms with van der Waals surface area (Å²) >= 11 is 0. The zero-order valence-electron chi connectivity index (χ0n) is 16.3. The molecule has 6 heteroatoms. The summed E-state index contributed by atoms with van der Waals surface area (Å²) in [6.45, 7) is 2.96. The fraction of sp³-hybridized carbons (Fsp3) is 0.174. The Balaban J connectivity index is 1.37. The van der Waals surface area contributed by atoms with Gasteiger partial charge in [0, 0.05) is 36.3 Å². The van der Waals surface area contributed by atoms with Crippen molar-refractivity contribution in [3.63, 3.8) is 0 Å². The van der Waals surface area contributed by atoms with Crippen LogP contribution in [0.25, 0.3) is 10.9 Å². The molecular weight excluding hydrogens is 362 g/mol. The lowest BCUT2D eigenvalue weighted by atomic mass is 10.1. The molecule has 0 fully saturated rings. The van der Waals surface area contributed by atoms with Gasteiger partial charge in [-0.2, -0.15) is 0 Å². The Morgan fingerprint density at radius 3 is 2.69 bits per heavy atom. The van der Waals surface area contributed by atoms with Gasteiger partial charge in [0.25, 0.3) is 5.91 Å². The molecule has 29 heavy (non-hydrogen) atoms. The van der Waals surface area contributed by atoms with Crippen LogP contribution in [0.15, 0.2) is 66.9 Å². The van der Waals surface area contributed by atoms with E-state index in [4.69, 9.17) is 0 Å². The second kappa shape index (κ2) is 8.56. The minimum absolute atomic E-state index is 0.196. The van der Waals surface area contributed by atoms with Gasteiger partial charge in [-0.25, -0.2) is 9.97 Å². The number of nitrogens with one attached hydrogen (secondary N) is 3. The van der Waals surface area contributed by atoms with Crippen LogP contribution in [0.2, 0.25) is 0 Å². The van der Waals surface area contributed by atoms with Crippen molar-refractivity contribution in [3.8, 4) is 0 Å². The normalized spacial score (nSPS) is 10.8. The molecule has 0 aliphatic heterocycles. The first-order chi connectivity index (χ1) is 14.2. The number of hydrogen-bond donors (Lipinski definition) is 3. The molecule has 2 aromatic carbocycles. The SMILES string of the molecule is Cc1nc(NCc2ccccc2)cc(C(=O)NCCc2c[nH]c3ccccc23)n1. The zero-order chi connectivity index (χ0) is 20.1. The summed E-state index contributed by atoms with van der Waals surface area (Å²) in [6, 6.07) is 19.9. The fourth-order valence-corrected chi connectivity index (χ4v) is 3.30. The van der Waals surface area contributed by atoms with Gasteiger partial charge in [0.2, 0.25) is 0 Å². The fourth-order valence-electron chi connectivity index (χ4n) is 3.30. The number of amides is 1. The number of hydrogen-bond acceptors (Lipinski definition) is 4. The Morgan fingerprint density at radius 1 is 1.03 bits per heavy atom. The Bertz CT molecular complexity index is 1120. The van der Waals surface area contributed by atoms with Crippen LogP contribution in [0.1, 0.15) is 27.4 Å². The van der Waals surface area contributed by atoms with Crippen LogP contribution in [-0.4, -0.2) is 27.4 Å². The number of carbonyl (C=O) groups excluding carboxylic acids is 1. The van der Waals surface area contributed by atoms with E-state index in [0.29, 0.717) is 30.4 Å². The van der Waals surface area contributed by atoms with E-state index >= 15 is 0 Å². The number of carbonyl (C=O) groups is 1. The average Bonchev–Trinajstić information content (AvgIpc) is 3.16. The first-order valence-corrected chi connectivity index (χ1v) is 9.66. The smallest absolute Gasteiger partial charge is 0.270 e. The number of fused-ring (bicyclic) bond motifs is 1. The van der Waals surface area contributed by atoms with Crippen molar-refractivity contribution >= 4 is 22.6 Å². The van der Waals surface area contributed by atoms with Crippen molar-refractivity contribution in [1.29, 1.82) is 0 Å². The molecule has 1 amide bonds. The van der Waals surface area contributed by atoms with E-state index in [2.05, 4.69) is 31.7 Å². The molecule has 0 atom stereocenters. The van der Waals surface area contributed by atoms with Crippen LogP contribution in [0.3, 0.4) is 0 Å². The van der Waals surface area contributed by atoms with E-state index in [-0.39, 0.29) is 5.91 Å². The summed E-state index contributed by atoms with van der Waals surface area (Å²) in [5.74, 6) is 1.01. The largest absolute Gasteiger partial charge is 0.366 e. The maximum absolute atomic E-state index is 12.6. The van der Waals surface area contributed by atoms with Crippen LogP contribution in [0.4, 0.5) is 5.82 Å². The van der Waals surface area contributed by atoms with Crippen LogP contribution in [0, 0.1) is 6.92 Å². The third-order valence-electron chi connectivity index (χ3n) is 4.74. The third kappa shape index (κ3) is 4.60.